The first-order valence-electron chi connectivity index (χ1n) is 5.40. The lowest BCUT2D eigenvalue weighted by Gasteiger charge is -2.19. The topological polar surface area (TPSA) is 29.5 Å². The highest BCUT2D eigenvalue weighted by Gasteiger charge is 2.14. The summed E-state index contributed by atoms with van der Waals surface area (Å²) < 4.78 is 4.89. The molecular formula is C11H19NO2. The Bertz CT molecular complexity index is 217. The smallest absolute Gasteiger partial charge is 0.332 e. The fraction of sp³-hybridized carbons (Fsp3) is 0.727. The molecule has 1 aliphatic rings. The van der Waals surface area contributed by atoms with E-state index in [0.29, 0.717) is 6.61 Å². The van der Waals surface area contributed by atoms with Gasteiger partial charge in [0.05, 0.1) is 6.61 Å². The molecule has 0 aromatic carbocycles. The standard InChI is InChI=1S/C11H19NO2/c1-3-10(9-11(13)14-4-2)12-7-5-6-8-12/h9H,3-8H2,1-2H3/b10-9+. The first kappa shape index (κ1) is 11.1. The third-order valence-electron chi connectivity index (χ3n) is 2.45. The molecule has 0 aliphatic carbocycles. The van der Waals surface area contributed by atoms with E-state index < -0.39 is 0 Å². The van der Waals surface area contributed by atoms with Gasteiger partial charge in [-0.15, -0.1) is 0 Å². The van der Waals surface area contributed by atoms with E-state index in [4.69, 9.17) is 4.74 Å². The van der Waals surface area contributed by atoms with Crippen LogP contribution in [-0.4, -0.2) is 30.6 Å². The first-order chi connectivity index (χ1) is 6.77. The van der Waals surface area contributed by atoms with Gasteiger partial charge >= 0.3 is 5.97 Å². The number of allylic oxidation sites excluding steroid dienone is 1. The number of nitrogens with zero attached hydrogens (tertiary/aromatic N) is 1. The van der Waals surface area contributed by atoms with E-state index >= 15 is 0 Å². The number of hydrogen-bond donors (Lipinski definition) is 0. The number of likely N-dealkylation sites (tertiary alicyclic amines) is 1. The number of hydrogen-bond acceptors (Lipinski definition) is 3. The molecule has 1 rings (SSSR count). The summed E-state index contributed by atoms with van der Waals surface area (Å²) in [4.78, 5) is 13.5. The van der Waals surface area contributed by atoms with Crippen LogP contribution in [0.3, 0.4) is 0 Å². The molecule has 14 heavy (non-hydrogen) atoms. The molecule has 80 valence electrons. The van der Waals surface area contributed by atoms with Crippen molar-refractivity contribution in [2.24, 2.45) is 0 Å². The van der Waals surface area contributed by atoms with Gasteiger partial charge in [-0.05, 0) is 26.2 Å². The van der Waals surface area contributed by atoms with Gasteiger partial charge in [-0.1, -0.05) is 6.92 Å². The summed E-state index contributed by atoms with van der Waals surface area (Å²) in [6.07, 6.45) is 5.01. The molecule has 0 saturated carbocycles. The summed E-state index contributed by atoms with van der Waals surface area (Å²) in [5, 5.41) is 0. The molecule has 0 N–H and O–H groups in total. The SMILES string of the molecule is CCOC(=O)/C=C(\CC)N1CCCC1. The molecule has 1 aliphatic heterocycles. The van der Waals surface area contributed by atoms with Crippen molar-refractivity contribution in [2.75, 3.05) is 19.7 Å². The van der Waals surface area contributed by atoms with Crippen molar-refractivity contribution in [2.45, 2.75) is 33.1 Å². The third kappa shape index (κ3) is 3.05. The number of rotatable bonds is 4. The van der Waals surface area contributed by atoms with Crippen molar-refractivity contribution >= 4 is 5.97 Å². The molecular weight excluding hydrogens is 178 g/mol. The summed E-state index contributed by atoms with van der Waals surface area (Å²) in [6, 6.07) is 0. The quantitative estimate of drug-likeness (QED) is 0.509. The van der Waals surface area contributed by atoms with Gasteiger partial charge in [-0.3, -0.25) is 0 Å². The van der Waals surface area contributed by atoms with Gasteiger partial charge in [0.1, 0.15) is 0 Å². The number of esters is 1. The predicted octanol–water partition coefficient (Wildman–Crippen LogP) is 1.94. The van der Waals surface area contributed by atoms with E-state index in [2.05, 4.69) is 11.8 Å². The van der Waals surface area contributed by atoms with Crippen LogP contribution in [0, 0.1) is 0 Å². The maximum absolute atomic E-state index is 11.2. The van der Waals surface area contributed by atoms with Crippen LogP contribution in [0.25, 0.3) is 0 Å². The Kier molecular flexibility index (Phi) is 4.50. The molecule has 1 saturated heterocycles. The normalized spacial score (nSPS) is 17.3. The van der Waals surface area contributed by atoms with Gasteiger partial charge < -0.3 is 9.64 Å². The van der Waals surface area contributed by atoms with Crippen molar-refractivity contribution in [3.63, 3.8) is 0 Å². The minimum absolute atomic E-state index is 0.212. The van der Waals surface area contributed by atoms with Crippen LogP contribution < -0.4 is 0 Å². The lowest BCUT2D eigenvalue weighted by Crippen LogP contribution is -2.19. The average Bonchev–Trinajstić information content (AvgIpc) is 2.67. The second-order valence-corrected chi connectivity index (χ2v) is 3.44. The average molecular weight is 197 g/mol. The zero-order chi connectivity index (χ0) is 10.4. The van der Waals surface area contributed by atoms with E-state index in [1.807, 2.05) is 6.92 Å². The van der Waals surface area contributed by atoms with Crippen LogP contribution in [0.1, 0.15) is 33.1 Å². The van der Waals surface area contributed by atoms with Crippen LogP contribution in [-0.2, 0) is 9.53 Å². The fourth-order valence-corrected chi connectivity index (χ4v) is 1.74. The summed E-state index contributed by atoms with van der Waals surface area (Å²) in [6.45, 7) is 6.51. The number of ether oxygens (including phenoxy) is 1. The van der Waals surface area contributed by atoms with E-state index in [1.165, 1.54) is 12.8 Å². The molecule has 0 atom stereocenters. The molecule has 0 radical (unpaired) electrons. The maximum Gasteiger partial charge on any atom is 0.332 e. The molecule has 3 heteroatoms. The van der Waals surface area contributed by atoms with Crippen molar-refractivity contribution < 1.29 is 9.53 Å². The minimum atomic E-state index is -0.212. The van der Waals surface area contributed by atoms with Crippen LogP contribution in [0.2, 0.25) is 0 Å². The van der Waals surface area contributed by atoms with Gasteiger partial charge in [0.25, 0.3) is 0 Å². The second-order valence-electron chi connectivity index (χ2n) is 3.44. The van der Waals surface area contributed by atoms with Crippen molar-refractivity contribution in [3.8, 4) is 0 Å². The van der Waals surface area contributed by atoms with Crippen LogP contribution >= 0.6 is 0 Å². The van der Waals surface area contributed by atoms with E-state index in [0.717, 1.165) is 25.2 Å². The highest BCUT2D eigenvalue weighted by Crippen LogP contribution is 2.16. The maximum atomic E-state index is 11.2. The van der Waals surface area contributed by atoms with Crippen molar-refractivity contribution in [3.05, 3.63) is 11.8 Å². The Morgan fingerprint density at radius 1 is 1.36 bits per heavy atom. The molecule has 0 aromatic rings. The van der Waals surface area contributed by atoms with Crippen LogP contribution in [0.15, 0.2) is 11.8 Å². The Hall–Kier alpha value is -0.990. The highest BCUT2D eigenvalue weighted by molar-refractivity contribution is 5.82. The van der Waals surface area contributed by atoms with Gasteiger partial charge in [0.15, 0.2) is 0 Å². The monoisotopic (exact) mass is 197 g/mol. The number of carbonyl (C=O) groups is 1. The molecule has 0 unspecified atom stereocenters. The van der Waals surface area contributed by atoms with Gasteiger partial charge in [0, 0.05) is 24.9 Å². The Balaban J connectivity index is 2.54. The zero-order valence-corrected chi connectivity index (χ0v) is 9.08. The Morgan fingerprint density at radius 2 is 2.00 bits per heavy atom. The van der Waals surface area contributed by atoms with E-state index in [1.54, 1.807) is 6.08 Å². The molecule has 1 heterocycles. The van der Waals surface area contributed by atoms with Gasteiger partial charge in [-0.2, -0.15) is 0 Å². The molecule has 1 fully saturated rings. The second kappa shape index (κ2) is 5.68. The van der Waals surface area contributed by atoms with Crippen molar-refractivity contribution in [1.29, 1.82) is 0 Å². The summed E-state index contributed by atoms with van der Waals surface area (Å²) in [5.74, 6) is -0.212. The summed E-state index contributed by atoms with van der Waals surface area (Å²) in [7, 11) is 0. The lowest BCUT2D eigenvalue weighted by molar-refractivity contribution is -0.137. The molecule has 0 bridgehead atoms. The molecule has 3 nitrogen and oxygen atoms in total. The highest BCUT2D eigenvalue weighted by atomic mass is 16.5. The van der Waals surface area contributed by atoms with Gasteiger partial charge in [0.2, 0.25) is 0 Å². The first-order valence-corrected chi connectivity index (χ1v) is 5.40. The summed E-state index contributed by atoms with van der Waals surface area (Å²) >= 11 is 0. The zero-order valence-electron chi connectivity index (χ0n) is 9.08. The Labute approximate surface area is 85.7 Å². The molecule has 0 spiro atoms. The molecule has 0 amide bonds. The fourth-order valence-electron chi connectivity index (χ4n) is 1.74. The largest absolute Gasteiger partial charge is 0.463 e. The summed E-state index contributed by atoms with van der Waals surface area (Å²) in [5.41, 5.74) is 1.11. The van der Waals surface area contributed by atoms with Gasteiger partial charge in [-0.25, -0.2) is 4.79 Å². The van der Waals surface area contributed by atoms with E-state index in [9.17, 15) is 4.79 Å². The van der Waals surface area contributed by atoms with Crippen molar-refractivity contribution in [1.82, 2.24) is 4.90 Å². The van der Waals surface area contributed by atoms with Crippen LogP contribution in [0.5, 0.6) is 0 Å². The predicted molar refractivity (Wildman–Crippen MR) is 55.8 cm³/mol. The molecule has 0 aromatic heterocycles. The third-order valence-corrected chi connectivity index (χ3v) is 2.45. The minimum Gasteiger partial charge on any atom is -0.463 e. The van der Waals surface area contributed by atoms with E-state index in [-0.39, 0.29) is 5.97 Å². The van der Waals surface area contributed by atoms with Crippen LogP contribution in [0.4, 0.5) is 0 Å². The number of carbonyl (C=O) groups excluding carboxylic acids is 1. The Morgan fingerprint density at radius 3 is 2.50 bits per heavy atom. The lowest BCUT2D eigenvalue weighted by atomic mass is 10.3.